The molecule has 0 bridgehead atoms. The molecule has 4 nitrogen and oxygen atoms in total. The topological polar surface area (TPSA) is 53.7 Å². The average molecular weight is 251 g/mol. The molecule has 0 radical (unpaired) electrons. The van der Waals surface area contributed by atoms with E-state index in [-0.39, 0.29) is 0 Å². The van der Waals surface area contributed by atoms with Crippen LogP contribution >= 0.6 is 0 Å². The summed E-state index contributed by atoms with van der Waals surface area (Å²) in [4.78, 5) is 0. The van der Waals surface area contributed by atoms with E-state index in [1.807, 2.05) is 24.3 Å². The molecule has 0 amide bonds. The summed E-state index contributed by atoms with van der Waals surface area (Å²) < 4.78 is 16.6. The monoisotopic (exact) mass is 251 g/mol. The van der Waals surface area contributed by atoms with Crippen molar-refractivity contribution in [2.24, 2.45) is 0 Å². The quantitative estimate of drug-likeness (QED) is 0.622. The van der Waals surface area contributed by atoms with E-state index < -0.39 is 0 Å². The minimum Gasteiger partial charge on any atom is -0.491 e. The summed E-state index contributed by atoms with van der Waals surface area (Å²) in [5.41, 5.74) is 6.47. The van der Waals surface area contributed by atoms with E-state index >= 15 is 0 Å². The van der Waals surface area contributed by atoms with Crippen LogP contribution in [-0.4, -0.2) is 32.5 Å². The zero-order chi connectivity index (χ0) is 12.6. The Kier molecular flexibility index (Phi) is 5.30. The highest BCUT2D eigenvalue weighted by Gasteiger charge is 2.13. The summed E-state index contributed by atoms with van der Waals surface area (Å²) >= 11 is 0. The molecule has 0 atom stereocenters. The Hall–Kier alpha value is -1.26. The normalized spacial score (nSPS) is 16.7. The van der Waals surface area contributed by atoms with Gasteiger partial charge in [0.25, 0.3) is 0 Å². The third-order valence-electron chi connectivity index (χ3n) is 2.99. The second-order valence-corrected chi connectivity index (χ2v) is 4.42. The zero-order valence-corrected chi connectivity index (χ0v) is 10.6. The van der Waals surface area contributed by atoms with Gasteiger partial charge in [-0.25, -0.2) is 0 Å². The average Bonchev–Trinajstić information content (AvgIpc) is 2.42. The number of rotatable bonds is 6. The van der Waals surface area contributed by atoms with Gasteiger partial charge in [0.05, 0.1) is 25.0 Å². The number of hydrogen-bond acceptors (Lipinski definition) is 4. The number of anilines is 1. The van der Waals surface area contributed by atoms with Crippen LogP contribution in [0, 0.1) is 0 Å². The third-order valence-corrected chi connectivity index (χ3v) is 2.99. The molecule has 1 fully saturated rings. The number of nitrogens with two attached hydrogens (primary N) is 1. The molecule has 0 aliphatic carbocycles. The Morgan fingerprint density at radius 2 is 1.94 bits per heavy atom. The van der Waals surface area contributed by atoms with Gasteiger partial charge >= 0.3 is 0 Å². The van der Waals surface area contributed by atoms with Crippen LogP contribution in [0.1, 0.15) is 19.3 Å². The van der Waals surface area contributed by atoms with Crippen molar-refractivity contribution in [1.29, 1.82) is 0 Å². The van der Waals surface area contributed by atoms with Crippen molar-refractivity contribution in [3.8, 4) is 5.75 Å². The molecule has 2 N–H and O–H groups in total. The lowest BCUT2D eigenvalue weighted by atomic mass is 10.1. The van der Waals surface area contributed by atoms with E-state index in [1.165, 1.54) is 0 Å². The fraction of sp³-hybridized carbons (Fsp3) is 0.571. The van der Waals surface area contributed by atoms with E-state index in [1.54, 1.807) is 0 Å². The lowest BCUT2D eigenvalue weighted by Gasteiger charge is -2.22. The first kappa shape index (κ1) is 13.2. The lowest BCUT2D eigenvalue weighted by molar-refractivity contribution is -0.0341. The van der Waals surface area contributed by atoms with Crippen LogP contribution < -0.4 is 10.5 Å². The van der Waals surface area contributed by atoms with Crippen molar-refractivity contribution in [2.45, 2.75) is 25.4 Å². The maximum atomic E-state index is 5.78. The smallest absolute Gasteiger partial charge is 0.142 e. The van der Waals surface area contributed by atoms with Crippen LogP contribution in [0.4, 0.5) is 5.69 Å². The first-order valence-electron chi connectivity index (χ1n) is 6.53. The molecule has 100 valence electrons. The number of para-hydroxylation sites is 2. The van der Waals surface area contributed by atoms with Gasteiger partial charge in [0.2, 0.25) is 0 Å². The van der Waals surface area contributed by atoms with Crippen molar-refractivity contribution in [2.75, 3.05) is 32.2 Å². The van der Waals surface area contributed by atoms with Gasteiger partial charge in [-0.2, -0.15) is 0 Å². The number of nitrogen functional groups attached to an aromatic ring is 1. The van der Waals surface area contributed by atoms with Gasteiger partial charge in [-0.15, -0.1) is 0 Å². The minimum absolute atomic E-state index is 0.362. The summed E-state index contributed by atoms with van der Waals surface area (Å²) in [6.07, 6.45) is 3.26. The molecule has 18 heavy (non-hydrogen) atoms. The Morgan fingerprint density at radius 3 is 2.72 bits per heavy atom. The molecule has 0 spiro atoms. The van der Waals surface area contributed by atoms with Gasteiger partial charge in [0, 0.05) is 19.6 Å². The van der Waals surface area contributed by atoms with Gasteiger partial charge in [-0.3, -0.25) is 0 Å². The fourth-order valence-corrected chi connectivity index (χ4v) is 1.95. The molecule has 1 heterocycles. The van der Waals surface area contributed by atoms with E-state index in [0.717, 1.165) is 44.8 Å². The highest BCUT2D eigenvalue weighted by atomic mass is 16.5. The highest BCUT2D eigenvalue weighted by Crippen LogP contribution is 2.19. The third kappa shape index (κ3) is 4.20. The number of ether oxygens (including phenoxy) is 3. The Morgan fingerprint density at radius 1 is 1.17 bits per heavy atom. The van der Waals surface area contributed by atoms with Gasteiger partial charge < -0.3 is 19.9 Å². The van der Waals surface area contributed by atoms with E-state index in [9.17, 15) is 0 Å². The summed E-state index contributed by atoms with van der Waals surface area (Å²) in [6, 6.07) is 7.54. The SMILES string of the molecule is Nc1ccccc1OCCCOC1CCOCC1. The van der Waals surface area contributed by atoms with Crippen LogP contribution in [0.15, 0.2) is 24.3 Å². The zero-order valence-electron chi connectivity index (χ0n) is 10.6. The highest BCUT2D eigenvalue weighted by molar-refractivity contribution is 5.51. The van der Waals surface area contributed by atoms with Crippen LogP contribution in [0.5, 0.6) is 5.75 Å². The van der Waals surface area contributed by atoms with Gasteiger partial charge in [0.15, 0.2) is 0 Å². The molecule has 2 rings (SSSR count). The molecule has 0 aromatic heterocycles. The molecular formula is C14H21NO3. The standard InChI is InChI=1S/C14H21NO3/c15-13-4-1-2-5-14(13)18-9-3-8-17-12-6-10-16-11-7-12/h1-2,4-5,12H,3,6-11,15H2. The predicted octanol–water partition coefficient (Wildman–Crippen LogP) is 2.23. The number of benzene rings is 1. The minimum atomic E-state index is 0.362. The maximum absolute atomic E-state index is 5.78. The Balaban J connectivity index is 1.57. The number of hydrogen-bond donors (Lipinski definition) is 1. The summed E-state index contributed by atoms with van der Waals surface area (Å²) in [5.74, 6) is 0.753. The van der Waals surface area contributed by atoms with Crippen molar-refractivity contribution in [1.82, 2.24) is 0 Å². The largest absolute Gasteiger partial charge is 0.491 e. The molecule has 4 heteroatoms. The van der Waals surface area contributed by atoms with E-state index in [4.69, 9.17) is 19.9 Å². The molecule has 0 saturated carbocycles. The summed E-state index contributed by atoms with van der Waals surface area (Å²) in [6.45, 7) is 3.01. The molecule has 1 saturated heterocycles. The molecule has 1 aliphatic rings. The Labute approximate surface area is 108 Å². The van der Waals surface area contributed by atoms with Crippen molar-refractivity contribution in [3.63, 3.8) is 0 Å². The molecular weight excluding hydrogens is 230 g/mol. The van der Waals surface area contributed by atoms with Gasteiger partial charge in [0.1, 0.15) is 5.75 Å². The molecule has 1 aromatic carbocycles. The van der Waals surface area contributed by atoms with E-state index in [2.05, 4.69) is 0 Å². The lowest BCUT2D eigenvalue weighted by Crippen LogP contribution is -2.24. The molecule has 1 aromatic rings. The fourth-order valence-electron chi connectivity index (χ4n) is 1.95. The van der Waals surface area contributed by atoms with Crippen molar-refractivity contribution >= 4 is 5.69 Å². The van der Waals surface area contributed by atoms with Gasteiger partial charge in [-0.05, 0) is 25.0 Å². The molecule has 1 aliphatic heterocycles. The predicted molar refractivity (Wildman–Crippen MR) is 70.8 cm³/mol. The van der Waals surface area contributed by atoms with Crippen LogP contribution in [0.25, 0.3) is 0 Å². The van der Waals surface area contributed by atoms with Crippen molar-refractivity contribution in [3.05, 3.63) is 24.3 Å². The van der Waals surface area contributed by atoms with Crippen LogP contribution in [0.2, 0.25) is 0 Å². The molecule has 0 unspecified atom stereocenters. The second kappa shape index (κ2) is 7.24. The maximum Gasteiger partial charge on any atom is 0.142 e. The summed E-state index contributed by atoms with van der Waals surface area (Å²) in [7, 11) is 0. The van der Waals surface area contributed by atoms with Crippen LogP contribution in [0.3, 0.4) is 0 Å². The first-order valence-corrected chi connectivity index (χ1v) is 6.53. The van der Waals surface area contributed by atoms with Crippen molar-refractivity contribution < 1.29 is 14.2 Å². The van der Waals surface area contributed by atoms with E-state index in [0.29, 0.717) is 18.4 Å². The Bertz CT molecular complexity index is 351. The second-order valence-electron chi connectivity index (χ2n) is 4.42. The van der Waals surface area contributed by atoms with Crippen LogP contribution in [-0.2, 0) is 9.47 Å². The first-order chi connectivity index (χ1) is 8.86. The van der Waals surface area contributed by atoms with Gasteiger partial charge in [-0.1, -0.05) is 12.1 Å². The summed E-state index contributed by atoms with van der Waals surface area (Å²) in [5, 5.41) is 0.